The van der Waals surface area contributed by atoms with Crippen molar-refractivity contribution in [2.45, 2.75) is 6.61 Å². The first-order valence-corrected chi connectivity index (χ1v) is 11.4. The molecule has 0 radical (unpaired) electrons. The average Bonchev–Trinajstić information content (AvgIpc) is 3.19. The number of hydrogen-bond acceptors (Lipinski definition) is 3. The maximum absolute atomic E-state index is 6.22. The molecule has 0 bridgehead atoms. The lowest BCUT2D eigenvalue weighted by atomic mass is 10.1. The van der Waals surface area contributed by atoms with Gasteiger partial charge in [-0.25, -0.2) is 0 Å². The van der Waals surface area contributed by atoms with E-state index in [9.17, 15) is 0 Å². The molecule has 0 unspecified atom stereocenters. The number of aryl methyl sites for hydroxylation is 1. The molecule has 4 aromatic rings. The van der Waals surface area contributed by atoms with Gasteiger partial charge in [0.1, 0.15) is 12.4 Å². The Morgan fingerprint density at radius 2 is 1.66 bits per heavy atom. The van der Waals surface area contributed by atoms with E-state index >= 15 is 0 Å². The molecular weight excluding hydrogens is 418 g/mol. The topological polar surface area (TPSA) is 20.6 Å². The summed E-state index contributed by atoms with van der Waals surface area (Å²) < 4.78 is 8.35. The first kappa shape index (κ1) is 20.9. The van der Waals surface area contributed by atoms with Crippen molar-refractivity contribution in [2.75, 3.05) is 38.1 Å². The molecule has 1 fully saturated rings. The monoisotopic (exact) mass is 445 g/mol. The van der Waals surface area contributed by atoms with Crippen LogP contribution in [0.5, 0.6) is 5.75 Å². The summed E-state index contributed by atoms with van der Waals surface area (Å²) in [6.07, 6.45) is 2.13. The molecule has 0 spiro atoms. The summed E-state index contributed by atoms with van der Waals surface area (Å²) >= 11 is 6.04. The van der Waals surface area contributed by atoms with Crippen molar-refractivity contribution in [3.05, 3.63) is 83.5 Å². The first-order valence-electron chi connectivity index (χ1n) is 11.1. The third-order valence-corrected chi connectivity index (χ3v) is 6.53. The van der Waals surface area contributed by atoms with E-state index in [-0.39, 0.29) is 0 Å². The number of aromatic nitrogens is 1. The van der Waals surface area contributed by atoms with E-state index in [2.05, 4.69) is 77.1 Å². The summed E-state index contributed by atoms with van der Waals surface area (Å²) in [7, 11) is 4.25. The fourth-order valence-electron chi connectivity index (χ4n) is 4.43. The Kier molecular flexibility index (Phi) is 5.81. The molecule has 0 aliphatic carbocycles. The smallest absolute Gasteiger partial charge is 0.120 e. The quantitative estimate of drug-likeness (QED) is 0.385. The van der Waals surface area contributed by atoms with Gasteiger partial charge in [0.15, 0.2) is 0 Å². The molecule has 0 N–H and O–H groups in total. The number of benzene rings is 3. The predicted molar refractivity (Wildman–Crippen MR) is 134 cm³/mol. The standard InChI is InChI=1S/C27H28ClN3O/c1-29-12-14-31(15-13-29)26-5-3-4-21-8-11-24(17-25(21)26)32-19-20-16-27(30(2)18-20)22-6-9-23(28)10-7-22/h3-11,16-18H,12-15,19H2,1-2H3. The highest BCUT2D eigenvalue weighted by Crippen LogP contribution is 2.31. The van der Waals surface area contributed by atoms with E-state index in [1.807, 2.05) is 24.3 Å². The SMILES string of the molecule is CN1CCN(c2cccc3ccc(OCc4cc(-c5ccc(Cl)cc5)n(C)c4)cc23)CC1. The lowest BCUT2D eigenvalue weighted by molar-refractivity contribution is 0.306. The van der Waals surface area contributed by atoms with Crippen molar-refractivity contribution in [2.24, 2.45) is 7.05 Å². The molecular formula is C27H28ClN3O. The number of anilines is 1. The molecule has 2 heterocycles. The second-order valence-electron chi connectivity index (χ2n) is 8.59. The zero-order chi connectivity index (χ0) is 22.1. The Bertz CT molecular complexity index is 1220. The Balaban J connectivity index is 1.35. The average molecular weight is 446 g/mol. The van der Waals surface area contributed by atoms with Crippen LogP contribution in [0.15, 0.2) is 72.9 Å². The highest BCUT2D eigenvalue weighted by molar-refractivity contribution is 6.30. The van der Waals surface area contributed by atoms with Gasteiger partial charge in [-0.05, 0) is 54.4 Å². The Morgan fingerprint density at radius 1 is 0.875 bits per heavy atom. The van der Waals surface area contributed by atoms with Gasteiger partial charge >= 0.3 is 0 Å². The van der Waals surface area contributed by atoms with Gasteiger partial charge < -0.3 is 19.1 Å². The van der Waals surface area contributed by atoms with E-state index in [1.165, 1.54) is 16.5 Å². The van der Waals surface area contributed by atoms with Gasteiger partial charge in [-0.1, -0.05) is 41.9 Å². The van der Waals surface area contributed by atoms with Crippen LogP contribution >= 0.6 is 11.6 Å². The van der Waals surface area contributed by atoms with E-state index < -0.39 is 0 Å². The fourth-order valence-corrected chi connectivity index (χ4v) is 4.56. The molecule has 32 heavy (non-hydrogen) atoms. The van der Waals surface area contributed by atoms with Gasteiger partial charge in [0, 0.05) is 66.8 Å². The van der Waals surface area contributed by atoms with Gasteiger partial charge in [0.25, 0.3) is 0 Å². The van der Waals surface area contributed by atoms with Crippen LogP contribution in [0, 0.1) is 0 Å². The van der Waals surface area contributed by atoms with E-state index in [1.54, 1.807) is 0 Å². The molecule has 1 saturated heterocycles. The largest absolute Gasteiger partial charge is 0.489 e. The van der Waals surface area contributed by atoms with Crippen LogP contribution in [0.3, 0.4) is 0 Å². The summed E-state index contributed by atoms with van der Waals surface area (Å²) in [5, 5.41) is 3.25. The van der Waals surface area contributed by atoms with Crippen molar-refractivity contribution in [1.29, 1.82) is 0 Å². The van der Waals surface area contributed by atoms with Gasteiger partial charge in [-0.3, -0.25) is 0 Å². The summed E-state index contributed by atoms with van der Waals surface area (Å²) in [6.45, 7) is 4.83. The third-order valence-electron chi connectivity index (χ3n) is 6.28. The van der Waals surface area contributed by atoms with Crippen molar-refractivity contribution >= 4 is 28.1 Å². The molecule has 1 aliphatic heterocycles. The minimum atomic E-state index is 0.531. The molecule has 1 aliphatic rings. The normalized spacial score (nSPS) is 14.8. The number of halogens is 1. The van der Waals surface area contributed by atoms with Crippen LogP contribution in [0.1, 0.15) is 5.56 Å². The second-order valence-corrected chi connectivity index (χ2v) is 9.03. The van der Waals surface area contributed by atoms with Crippen molar-refractivity contribution < 1.29 is 4.74 Å². The van der Waals surface area contributed by atoms with Crippen LogP contribution in [-0.2, 0) is 13.7 Å². The number of fused-ring (bicyclic) bond motifs is 1. The van der Waals surface area contributed by atoms with Crippen molar-refractivity contribution in [3.63, 3.8) is 0 Å². The Labute approximate surface area is 194 Å². The highest BCUT2D eigenvalue weighted by Gasteiger charge is 2.16. The summed E-state index contributed by atoms with van der Waals surface area (Å²) in [5.74, 6) is 0.899. The summed E-state index contributed by atoms with van der Waals surface area (Å²) in [5.41, 5.74) is 4.73. The number of nitrogens with zero attached hydrogens (tertiary/aromatic N) is 3. The third kappa shape index (κ3) is 4.34. The Morgan fingerprint density at radius 3 is 2.44 bits per heavy atom. The number of hydrogen-bond donors (Lipinski definition) is 0. The maximum atomic E-state index is 6.22. The van der Waals surface area contributed by atoms with Gasteiger partial charge in [0.05, 0.1) is 0 Å². The van der Waals surface area contributed by atoms with E-state index in [4.69, 9.17) is 16.3 Å². The van der Waals surface area contributed by atoms with Crippen molar-refractivity contribution in [3.8, 4) is 17.0 Å². The van der Waals surface area contributed by atoms with Gasteiger partial charge in [0.2, 0.25) is 0 Å². The number of likely N-dealkylation sites (N-methyl/N-ethyl adjacent to an activating group) is 1. The summed E-state index contributed by atoms with van der Waals surface area (Å²) in [4.78, 5) is 4.87. The number of piperazine rings is 1. The molecule has 4 nitrogen and oxygen atoms in total. The molecule has 1 aromatic heterocycles. The maximum Gasteiger partial charge on any atom is 0.120 e. The number of rotatable bonds is 5. The van der Waals surface area contributed by atoms with E-state index in [0.29, 0.717) is 6.61 Å². The van der Waals surface area contributed by atoms with Gasteiger partial charge in [-0.2, -0.15) is 0 Å². The molecule has 0 saturated carbocycles. The highest BCUT2D eigenvalue weighted by atomic mass is 35.5. The Hall–Kier alpha value is -2.95. The van der Waals surface area contributed by atoms with E-state index in [0.717, 1.165) is 53.8 Å². The van der Waals surface area contributed by atoms with Gasteiger partial charge in [-0.15, -0.1) is 0 Å². The fraction of sp³-hybridized carbons (Fsp3) is 0.259. The van der Waals surface area contributed by atoms with Crippen LogP contribution < -0.4 is 9.64 Å². The van der Waals surface area contributed by atoms with Crippen LogP contribution in [0.25, 0.3) is 22.0 Å². The predicted octanol–water partition coefficient (Wildman–Crippen LogP) is 5.83. The molecule has 164 valence electrons. The molecule has 0 amide bonds. The van der Waals surface area contributed by atoms with Crippen molar-refractivity contribution in [1.82, 2.24) is 9.47 Å². The molecule has 0 atom stereocenters. The lowest BCUT2D eigenvalue weighted by Gasteiger charge is -2.34. The zero-order valence-electron chi connectivity index (χ0n) is 18.6. The molecule has 5 heteroatoms. The van der Waals surface area contributed by atoms with Crippen LogP contribution in [0.4, 0.5) is 5.69 Å². The van der Waals surface area contributed by atoms with Crippen LogP contribution in [0.2, 0.25) is 5.02 Å². The lowest BCUT2D eigenvalue weighted by Crippen LogP contribution is -2.44. The minimum absolute atomic E-state index is 0.531. The first-order chi connectivity index (χ1) is 15.6. The van der Waals surface area contributed by atoms with Crippen LogP contribution in [-0.4, -0.2) is 42.7 Å². The zero-order valence-corrected chi connectivity index (χ0v) is 19.3. The second kappa shape index (κ2) is 8.89. The minimum Gasteiger partial charge on any atom is -0.489 e. The molecule has 5 rings (SSSR count). The summed E-state index contributed by atoms with van der Waals surface area (Å²) in [6, 6.07) is 23.1. The molecule has 3 aromatic carbocycles. The number of ether oxygens (including phenoxy) is 1.